The molecule has 0 spiro atoms. The van der Waals surface area contributed by atoms with E-state index < -0.39 is 0 Å². The van der Waals surface area contributed by atoms with E-state index in [4.69, 9.17) is 16.3 Å². The summed E-state index contributed by atoms with van der Waals surface area (Å²) in [5.41, 5.74) is 3.18. The van der Waals surface area contributed by atoms with Crippen LogP contribution in [0.25, 0.3) is 0 Å². The maximum atomic E-state index is 12.9. The van der Waals surface area contributed by atoms with E-state index in [0.29, 0.717) is 11.6 Å². The fraction of sp³-hybridized carbons (Fsp3) is 0.143. The lowest BCUT2D eigenvalue weighted by atomic mass is 9.99. The van der Waals surface area contributed by atoms with Gasteiger partial charge < -0.3 is 4.74 Å². The molecule has 1 aliphatic heterocycles. The summed E-state index contributed by atoms with van der Waals surface area (Å²) >= 11 is 5.93. The Kier molecular flexibility index (Phi) is 2.61. The van der Waals surface area contributed by atoms with Crippen molar-refractivity contribution in [2.75, 3.05) is 0 Å². The van der Waals surface area contributed by atoms with Crippen LogP contribution in [0.2, 0.25) is 5.02 Å². The number of rotatable bonds is 1. The zero-order chi connectivity index (χ0) is 11.8. The second kappa shape index (κ2) is 4.13. The molecule has 1 unspecified atom stereocenters. The van der Waals surface area contributed by atoms with Crippen molar-refractivity contribution in [1.29, 1.82) is 0 Å². The van der Waals surface area contributed by atoms with Crippen molar-refractivity contribution >= 4 is 11.6 Å². The Hall–Kier alpha value is -1.38. The topological polar surface area (TPSA) is 9.23 Å². The molecular weight excluding hydrogens is 239 g/mol. The van der Waals surface area contributed by atoms with Gasteiger partial charge in [-0.05, 0) is 41.0 Å². The number of halogens is 2. The van der Waals surface area contributed by atoms with E-state index in [2.05, 4.69) is 0 Å². The van der Waals surface area contributed by atoms with E-state index >= 15 is 0 Å². The number of fused-ring (bicyclic) bond motifs is 1. The zero-order valence-corrected chi connectivity index (χ0v) is 9.75. The Morgan fingerprint density at radius 3 is 2.65 bits per heavy atom. The monoisotopic (exact) mass is 248 g/mol. The lowest BCUT2D eigenvalue weighted by Gasteiger charge is -2.11. The molecule has 2 aromatic rings. The van der Waals surface area contributed by atoms with Crippen LogP contribution in [0.1, 0.15) is 22.8 Å². The maximum Gasteiger partial charge on any atom is 0.123 e. The minimum absolute atomic E-state index is 0.108. The summed E-state index contributed by atoms with van der Waals surface area (Å²) in [5.74, 6) is -0.233. The molecule has 0 bridgehead atoms. The zero-order valence-electron chi connectivity index (χ0n) is 8.99. The lowest BCUT2D eigenvalue weighted by Crippen LogP contribution is -1.98. The van der Waals surface area contributed by atoms with Gasteiger partial charge in [-0.15, -0.1) is 0 Å². The predicted molar refractivity (Wildman–Crippen MR) is 64.5 cm³/mol. The highest BCUT2D eigenvalue weighted by Gasteiger charge is 2.24. The highest BCUT2D eigenvalue weighted by molar-refractivity contribution is 6.30. The average molecular weight is 249 g/mol. The summed E-state index contributed by atoms with van der Waals surface area (Å²) in [6.07, 6.45) is -0.108. The summed E-state index contributed by atoms with van der Waals surface area (Å²) in [6, 6.07) is 12.2. The molecule has 0 saturated heterocycles. The van der Waals surface area contributed by atoms with Crippen molar-refractivity contribution in [2.24, 2.45) is 0 Å². The van der Waals surface area contributed by atoms with Crippen molar-refractivity contribution in [3.63, 3.8) is 0 Å². The minimum Gasteiger partial charge on any atom is -0.364 e. The molecule has 3 rings (SSSR count). The van der Waals surface area contributed by atoms with E-state index in [-0.39, 0.29) is 11.9 Å². The summed E-state index contributed by atoms with van der Waals surface area (Å²) in [5, 5.41) is 0.715. The van der Waals surface area contributed by atoms with Crippen LogP contribution in [0, 0.1) is 5.82 Å². The molecule has 1 heterocycles. The van der Waals surface area contributed by atoms with Crippen molar-refractivity contribution < 1.29 is 9.13 Å². The molecule has 0 amide bonds. The van der Waals surface area contributed by atoms with Crippen molar-refractivity contribution in [1.82, 2.24) is 0 Å². The summed E-state index contributed by atoms with van der Waals surface area (Å²) < 4.78 is 18.6. The fourth-order valence-electron chi connectivity index (χ4n) is 2.13. The number of benzene rings is 2. The van der Waals surface area contributed by atoms with Gasteiger partial charge in [0.1, 0.15) is 11.9 Å². The Bertz CT molecular complexity index is 551. The maximum absolute atomic E-state index is 12.9. The smallest absolute Gasteiger partial charge is 0.123 e. The SMILES string of the molecule is Fc1ccc(C2OCc3cc(Cl)ccc32)cc1. The second-order valence-corrected chi connectivity index (χ2v) is 4.52. The largest absolute Gasteiger partial charge is 0.364 e. The van der Waals surface area contributed by atoms with Crippen LogP contribution in [0.15, 0.2) is 42.5 Å². The van der Waals surface area contributed by atoms with Crippen molar-refractivity contribution in [2.45, 2.75) is 12.7 Å². The van der Waals surface area contributed by atoms with Gasteiger partial charge in [0.2, 0.25) is 0 Å². The third kappa shape index (κ3) is 1.94. The van der Waals surface area contributed by atoms with Crippen molar-refractivity contribution in [3.8, 4) is 0 Å². The first-order valence-corrected chi connectivity index (χ1v) is 5.77. The van der Waals surface area contributed by atoms with E-state index in [1.165, 1.54) is 12.1 Å². The van der Waals surface area contributed by atoms with Gasteiger partial charge in [0.25, 0.3) is 0 Å². The Balaban J connectivity index is 2.01. The van der Waals surface area contributed by atoms with Crippen LogP contribution in [0.3, 0.4) is 0 Å². The normalized spacial score (nSPS) is 18.1. The summed E-state index contributed by atoms with van der Waals surface area (Å²) in [4.78, 5) is 0. The van der Waals surface area contributed by atoms with Gasteiger partial charge >= 0.3 is 0 Å². The van der Waals surface area contributed by atoms with E-state index in [9.17, 15) is 4.39 Å². The Labute approximate surface area is 104 Å². The van der Waals surface area contributed by atoms with E-state index in [0.717, 1.165) is 16.7 Å². The summed E-state index contributed by atoms with van der Waals surface area (Å²) in [6.45, 7) is 0.554. The van der Waals surface area contributed by atoms with Gasteiger partial charge in [0.05, 0.1) is 6.61 Å². The molecule has 17 heavy (non-hydrogen) atoms. The first-order valence-electron chi connectivity index (χ1n) is 5.39. The van der Waals surface area contributed by atoms with Gasteiger partial charge in [0.15, 0.2) is 0 Å². The van der Waals surface area contributed by atoms with E-state index in [1.807, 2.05) is 18.2 Å². The van der Waals surface area contributed by atoms with Gasteiger partial charge in [-0.2, -0.15) is 0 Å². The molecule has 0 aromatic heterocycles. The van der Waals surface area contributed by atoms with Gasteiger partial charge in [-0.3, -0.25) is 0 Å². The molecule has 0 N–H and O–H groups in total. The van der Waals surface area contributed by atoms with Gasteiger partial charge in [-0.1, -0.05) is 29.8 Å². The van der Waals surface area contributed by atoms with Crippen LogP contribution < -0.4 is 0 Å². The Morgan fingerprint density at radius 1 is 1.12 bits per heavy atom. The van der Waals surface area contributed by atoms with Crippen LogP contribution in [0.5, 0.6) is 0 Å². The number of ether oxygens (including phenoxy) is 1. The van der Waals surface area contributed by atoms with Crippen molar-refractivity contribution in [3.05, 3.63) is 70.0 Å². The predicted octanol–water partition coefficient (Wildman–Crippen LogP) is 4.10. The molecule has 1 atom stereocenters. The summed E-state index contributed by atoms with van der Waals surface area (Å²) in [7, 11) is 0. The van der Waals surface area contributed by atoms with Crippen LogP contribution in [0.4, 0.5) is 4.39 Å². The number of hydrogen-bond acceptors (Lipinski definition) is 1. The first-order chi connectivity index (χ1) is 8.24. The quantitative estimate of drug-likeness (QED) is 0.738. The van der Waals surface area contributed by atoms with E-state index in [1.54, 1.807) is 12.1 Å². The van der Waals surface area contributed by atoms with Crippen LogP contribution >= 0.6 is 11.6 Å². The molecule has 3 heteroatoms. The minimum atomic E-state index is -0.233. The van der Waals surface area contributed by atoms with Gasteiger partial charge in [-0.25, -0.2) is 4.39 Å². The first kappa shape index (κ1) is 10.8. The van der Waals surface area contributed by atoms with Gasteiger partial charge in [0, 0.05) is 5.02 Å². The average Bonchev–Trinajstić information content (AvgIpc) is 2.73. The molecule has 0 aliphatic carbocycles. The molecule has 1 nitrogen and oxygen atoms in total. The molecule has 1 aliphatic rings. The molecule has 2 aromatic carbocycles. The third-order valence-corrected chi connectivity index (χ3v) is 3.20. The Morgan fingerprint density at radius 2 is 1.88 bits per heavy atom. The number of hydrogen-bond donors (Lipinski definition) is 0. The highest BCUT2D eigenvalue weighted by Crippen LogP contribution is 2.36. The molecule has 0 saturated carbocycles. The second-order valence-electron chi connectivity index (χ2n) is 4.09. The van der Waals surface area contributed by atoms with Crippen LogP contribution in [-0.2, 0) is 11.3 Å². The molecule has 0 radical (unpaired) electrons. The standard InChI is InChI=1S/C14H10ClFO/c15-11-3-6-13-10(7-11)8-17-14(13)9-1-4-12(16)5-2-9/h1-7,14H,8H2. The lowest BCUT2D eigenvalue weighted by molar-refractivity contribution is 0.0939. The molecule has 86 valence electrons. The molecule has 0 fully saturated rings. The van der Waals surface area contributed by atoms with Crippen LogP contribution in [-0.4, -0.2) is 0 Å². The third-order valence-electron chi connectivity index (χ3n) is 2.97. The molecular formula is C14H10ClFO. The highest BCUT2D eigenvalue weighted by atomic mass is 35.5. The fourth-order valence-corrected chi connectivity index (χ4v) is 2.33.